The highest BCUT2D eigenvalue weighted by molar-refractivity contribution is 5.77. The largest absolute Gasteiger partial charge is 0.326 e. The van der Waals surface area contributed by atoms with Crippen LogP contribution in [0, 0.1) is 0 Å². The number of benzene rings is 1. The van der Waals surface area contributed by atoms with Crippen LogP contribution < -0.4 is 5.73 Å². The molecule has 0 aromatic heterocycles. The van der Waals surface area contributed by atoms with Crippen molar-refractivity contribution in [1.29, 1.82) is 0 Å². The molecule has 2 unspecified atom stereocenters. The third-order valence-electron chi connectivity index (χ3n) is 3.71. The SMILES string of the molecule is CCc1ccc(C2CN(CC(C)N)C(=O)N2C)cc1. The molecule has 0 aliphatic carbocycles. The highest BCUT2D eigenvalue weighted by Crippen LogP contribution is 2.28. The molecule has 2 rings (SSSR count). The Morgan fingerprint density at radius 2 is 2.00 bits per heavy atom. The Bertz CT molecular complexity index is 441. The average Bonchev–Trinajstić information content (AvgIpc) is 2.67. The van der Waals surface area contributed by atoms with Gasteiger partial charge in [0, 0.05) is 26.2 Å². The smallest absolute Gasteiger partial charge is 0.320 e. The van der Waals surface area contributed by atoms with E-state index in [1.54, 1.807) is 0 Å². The molecule has 0 bridgehead atoms. The summed E-state index contributed by atoms with van der Waals surface area (Å²) in [4.78, 5) is 15.8. The minimum atomic E-state index is 0.0126. The summed E-state index contributed by atoms with van der Waals surface area (Å²) in [5.74, 6) is 0. The monoisotopic (exact) mass is 261 g/mol. The summed E-state index contributed by atoms with van der Waals surface area (Å²) < 4.78 is 0. The van der Waals surface area contributed by atoms with Crippen LogP contribution in [0.3, 0.4) is 0 Å². The summed E-state index contributed by atoms with van der Waals surface area (Å²) in [6.07, 6.45) is 1.04. The van der Waals surface area contributed by atoms with E-state index in [9.17, 15) is 4.79 Å². The lowest BCUT2D eigenvalue weighted by Gasteiger charge is -2.18. The third kappa shape index (κ3) is 2.89. The number of likely N-dealkylation sites (N-methyl/N-ethyl adjacent to an activating group) is 1. The highest BCUT2D eigenvalue weighted by Gasteiger charge is 2.35. The zero-order valence-corrected chi connectivity index (χ0v) is 12.0. The second kappa shape index (κ2) is 5.61. The van der Waals surface area contributed by atoms with Crippen molar-refractivity contribution in [2.75, 3.05) is 20.1 Å². The summed E-state index contributed by atoms with van der Waals surface area (Å²) in [6, 6.07) is 8.76. The molecule has 1 aromatic rings. The fraction of sp³-hybridized carbons (Fsp3) is 0.533. The Morgan fingerprint density at radius 1 is 1.37 bits per heavy atom. The second-order valence-corrected chi connectivity index (χ2v) is 5.39. The number of nitrogens with zero attached hydrogens (tertiary/aromatic N) is 2. The molecule has 4 nitrogen and oxygen atoms in total. The lowest BCUT2D eigenvalue weighted by Crippen LogP contribution is -2.38. The predicted octanol–water partition coefficient (Wildman–Crippen LogP) is 2.00. The third-order valence-corrected chi connectivity index (χ3v) is 3.71. The molecule has 1 aliphatic heterocycles. The van der Waals surface area contributed by atoms with Gasteiger partial charge in [0.15, 0.2) is 0 Å². The molecule has 1 aromatic carbocycles. The van der Waals surface area contributed by atoms with Gasteiger partial charge in [-0.05, 0) is 24.5 Å². The summed E-state index contributed by atoms with van der Waals surface area (Å²) >= 11 is 0. The van der Waals surface area contributed by atoms with E-state index >= 15 is 0 Å². The fourth-order valence-electron chi connectivity index (χ4n) is 2.57. The average molecular weight is 261 g/mol. The molecule has 104 valence electrons. The number of urea groups is 1. The minimum absolute atomic E-state index is 0.0126. The van der Waals surface area contributed by atoms with Gasteiger partial charge in [-0.25, -0.2) is 4.79 Å². The Hall–Kier alpha value is -1.55. The van der Waals surface area contributed by atoms with Crippen molar-refractivity contribution in [2.45, 2.75) is 32.4 Å². The van der Waals surface area contributed by atoms with Crippen molar-refractivity contribution >= 4 is 6.03 Å². The van der Waals surface area contributed by atoms with Crippen molar-refractivity contribution in [3.05, 3.63) is 35.4 Å². The quantitative estimate of drug-likeness (QED) is 0.901. The lowest BCUT2D eigenvalue weighted by molar-refractivity contribution is 0.194. The van der Waals surface area contributed by atoms with Gasteiger partial charge in [0.2, 0.25) is 0 Å². The van der Waals surface area contributed by atoms with E-state index in [1.807, 2.05) is 23.8 Å². The van der Waals surface area contributed by atoms with Crippen molar-refractivity contribution in [1.82, 2.24) is 9.80 Å². The van der Waals surface area contributed by atoms with Crippen molar-refractivity contribution in [2.24, 2.45) is 5.73 Å². The van der Waals surface area contributed by atoms with Gasteiger partial charge in [0.1, 0.15) is 0 Å². The topological polar surface area (TPSA) is 49.6 Å². The number of carbonyl (C=O) groups is 1. The van der Waals surface area contributed by atoms with Gasteiger partial charge >= 0.3 is 6.03 Å². The maximum absolute atomic E-state index is 12.1. The molecule has 19 heavy (non-hydrogen) atoms. The molecule has 1 fully saturated rings. The maximum Gasteiger partial charge on any atom is 0.320 e. The lowest BCUT2D eigenvalue weighted by atomic mass is 10.0. The maximum atomic E-state index is 12.1. The number of amides is 2. The highest BCUT2D eigenvalue weighted by atomic mass is 16.2. The van der Waals surface area contributed by atoms with Crippen molar-refractivity contribution in [3.8, 4) is 0 Å². The van der Waals surface area contributed by atoms with Crippen LogP contribution >= 0.6 is 0 Å². The Kier molecular flexibility index (Phi) is 4.10. The van der Waals surface area contributed by atoms with Gasteiger partial charge in [-0.3, -0.25) is 0 Å². The van der Waals surface area contributed by atoms with Crippen LogP contribution in [-0.2, 0) is 6.42 Å². The number of rotatable bonds is 4. The molecule has 2 N–H and O–H groups in total. The van der Waals surface area contributed by atoms with Gasteiger partial charge in [-0.1, -0.05) is 31.2 Å². The first-order valence-electron chi connectivity index (χ1n) is 6.89. The van der Waals surface area contributed by atoms with Crippen LogP contribution in [0.15, 0.2) is 24.3 Å². The fourth-order valence-corrected chi connectivity index (χ4v) is 2.57. The number of nitrogens with two attached hydrogens (primary N) is 1. The number of hydrogen-bond donors (Lipinski definition) is 1. The van der Waals surface area contributed by atoms with Crippen molar-refractivity contribution < 1.29 is 4.79 Å². The summed E-state index contributed by atoms with van der Waals surface area (Å²) in [6.45, 7) is 5.41. The van der Waals surface area contributed by atoms with E-state index in [1.165, 1.54) is 11.1 Å². The van der Waals surface area contributed by atoms with Crippen LogP contribution in [0.25, 0.3) is 0 Å². The molecule has 4 heteroatoms. The van der Waals surface area contributed by atoms with E-state index in [4.69, 9.17) is 5.73 Å². The summed E-state index contributed by atoms with van der Waals surface area (Å²) in [7, 11) is 1.86. The van der Waals surface area contributed by atoms with E-state index < -0.39 is 0 Å². The molecule has 2 amide bonds. The number of aryl methyl sites for hydroxylation is 1. The van der Waals surface area contributed by atoms with Gasteiger partial charge in [0.25, 0.3) is 0 Å². The number of hydrogen-bond acceptors (Lipinski definition) is 2. The van der Waals surface area contributed by atoms with Crippen LogP contribution in [0.4, 0.5) is 4.79 Å². The molecule has 0 radical (unpaired) electrons. The first kappa shape index (κ1) is 13.9. The molecule has 1 aliphatic rings. The Morgan fingerprint density at radius 3 is 2.53 bits per heavy atom. The first-order chi connectivity index (χ1) is 9.02. The molecule has 1 heterocycles. The van der Waals surface area contributed by atoms with Gasteiger partial charge in [-0.15, -0.1) is 0 Å². The summed E-state index contributed by atoms with van der Waals surface area (Å²) in [5, 5.41) is 0. The van der Waals surface area contributed by atoms with E-state index in [-0.39, 0.29) is 18.1 Å². The Labute approximate surface area is 115 Å². The molecule has 0 spiro atoms. The van der Waals surface area contributed by atoms with Crippen LogP contribution in [0.5, 0.6) is 0 Å². The van der Waals surface area contributed by atoms with E-state index in [2.05, 4.69) is 31.2 Å². The minimum Gasteiger partial charge on any atom is -0.326 e. The second-order valence-electron chi connectivity index (χ2n) is 5.39. The zero-order chi connectivity index (χ0) is 14.0. The molecule has 0 saturated carbocycles. The van der Waals surface area contributed by atoms with E-state index in [0.29, 0.717) is 6.54 Å². The van der Waals surface area contributed by atoms with Gasteiger partial charge in [-0.2, -0.15) is 0 Å². The normalized spacial score (nSPS) is 21.1. The molecule has 1 saturated heterocycles. The summed E-state index contributed by atoms with van der Waals surface area (Å²) in [5.41, 5.74) is 8.31. The molecular formula is C15H23N3O. The number of carbonyl (C=O) groups excluding carboxylic acids is 1. The first-order valence-corrected chi connectivity index (χ1v) is 6.89. The molecular weight excluding hydrogens is 238 g/mol. The standard InChI is InChI=1S/C15H23N3O/c1-4-12-5-7-13(8-6-12)14-10-18(9-11(2)16)15(19)17(14)3/h5-8,11,14H,4,9-10,16H2,1-3H3. The van der Waals surface area contributed by atoms with Crippen molar-refractivity contribution in [3.63, 3.8) is 0 Å². The van der Waals surface area contributed by atoms with Gasteiger partial charge < -0.3 is 15.5 Å². The van der Waals surface area contributed by atoms with Crippen LogP contribution in [-0.4, -0.2) is 42.0 Å². The molecule has 2 atom stereocenters. The van der Waals surface area contributed by atoms with Crippen LogP contribution in [0.1, 0.15) is 31.0 Å². The Balaban J connectivity index is 2.14. The van der Waals surface area contributed by atoms with Gasteiger partial charge in [0.05, 0.1) is 6.04 Å². The predicted molar refractivity (Wildman–Crippen MR) is 76.9 cm³/mol. The zero-order valence-electron chi connectivity index (χ0n) is 12.0. The van der Waals surface area contributed by atoms with Crippen LogP contribution in [0.2, 0.25) is 0 Å². The van der Waals surface area contributed by atoms with E-state index in [0.717, 1.165) is 13.0 Å².